The van der Waals surface area contributed by atoms with Crippen molar-refractivity contribution in [2.45, 2.75) is 62.5 Å². The molecule has 1 aliphatic rings. The van der Waals surface area contributed by atoms with E-state index in [-0.39, 0.29) is 25.9 Å². The van der Waals surface area contributed by atoms with Gasteiger partial charge < -0.3 is 24.1 Å². The number of ether oxygens (including phenoxy) is 4. The number of halogens is 1. The van der Waals surface area contributed by atoms with E-state index in [0.29, 0.717) is 36.5 Å². The number of aliphatic hydroxyl groups is 1. The molecule has 1 N–H and O–H groups in total. The van der Waals surface area contributed by atoms with Crippen LogP contribution in [0.1, 0.15) is 47.2 Å². The number of methoxy groups -OCH3 is 1. The van der Waals surface area contributed by atoms with Gasteiger partial charge in [0.1, 0.15) is 23.7 Å². The third-order valence-electron chi connectivity index (χ3n) is 9.07. The third-order valence-corrected chi connectivity index (χ3v) is 9.47. The van der Waals surface area contributed by atoms with Crippen molar-refractivity contribution in [2.75, 3.05) is 13.7 Å². The largest absolute Gasteiger partial charge is 0.497 e. The minimum absolute atomic E-state index is 0.119. The molecule has 1 aliphatic heterocycles. The number of hydrogen-bond donors (Lipinski definition) is 1. The minimum Gasteiger partial charge on any atom is -0.497 e. The molecule has 266 valence electrons. The van der Waals surface area contributed by atoms with Crippen LogP contribution in [-0.2, 0) is 22.5 Å². The van der Waals surface area contributed by atoms with E-state index in [2.05, 4.69) is 29.1 Å². The monoisotopic (exact) mass is 753 g/mol. The van der Waals surface area contributed by atoms with Gasteiger partial charge in [-0.3, -0.25) is 4.90 Å². The molecule has 0 spiro atoms. The fourth-order valence-electron chi connectivity index (χ4n) is 6.66. The molecule has 0 saturated carbocycles. The summed E-state index contributed by atoms with van der Waals surface area (Å²) in [4.78, 5) is 29.7. The second-order valence-electron chi connectivity index (χ2n) is 12.8. The van der Waals surface area contributed by atoms with Crippen molar-refractivity contribution in [3.63, 3.8) is 0 Å². The van der Waals surface area contributed by atoms with Gasteiger partial charge in [-0.1, -0.05) is 108 Å². The summed E-state index contributed by atoms with van der Waals surface area (Å²) < 4.78 is 24.4. The molecule has 4 aromatic rings. The lowest BCUT2D eigenvalue weighted by atomic mass is 9.73. The zero-order valence-corrected chi connectivity index (χ0v) is 30.4. The first-order valence-electron chi connectivity index (χ1n) is 16.9. The summed E-state index contributed by atoms with van der Waals surface area (Å²) in [5, 5.41) is 12.2. The molecule has 5 rings (SSSR count). The molecule has 4 aromatic carbocycles. The summed E-state index contributed by atoms with van der Waals surface area (Å²) in [5.74, 6) is 0.476. The molecular formula is C42H44BrNO7. The van der Waals surface area contributed by atoms with E-state index in [1.54, 1.807) is 60.5 Å². The highest BCUT2D eigenvalue weighted by atomic mass is 79.9. The summed E-state index contributed by atoms with van der Waals surface area (Å²) in [6.45, 7) is 9.09. The van der Waals surface area contributed by atoms with E-state index < -0.39 is 35.9 Å². The molecule has 8 nitrogen and oxygen atoms in total. The van der Waals surface area contributed by atoms with Crippen LogP contribution in [0.5, 0.6) is 11.5 Å². The first-order chi connectivity index (χ1) is 24.7. The number of para-hydroxylation sites is 1. The quantitative estimate of drug-likeness (QED) is 0.0959. The average molecular weight is 755 g/mol. The molecular weight excluding hydrogens is 710 g/mol. The van der Waals surface area contributed by atoms with Gasteiger partial charge in [0.2, 0.25) is 0 Å². The topological polar surface area (TPSA) is 94.5 Å². The van der Waals surface area contributed by atoms with Crippen LogP contribution in [-0.4, -0.2) is 59.6 Å². The van der Waals surface area contributed by atoms with Crippen molar-refractivity contribution in [1.82, 2.24) is 4.90 Å². The van der Waals surface area contributed by atoms with Crippen molar-refractivity contribution >= 4 is 28.0 Å². The van der Waals surface area contributed by atoms with Gasteiger partial charge in [-0.15, -0.1) is 0 Å². The van der Waals surface area contributed by atoms with Crippen molar-refractivity contribution in [3.8, 4) is 11.5 Å². The molecule has 0 aliphatic carbocycles. The van der Waals surface area contributed by atoms with Crippen LogP contribution in [0.4, 0.5) is 4.79 Å². The number of nitrogens with zero attached hydrogens (tertiary/aromatic N) is 1. The molecule has 0 aromatic heterocycles. The maximum atomic E-state index is 14.6. The van der Waals surface area contributed by atoms with E-state index >= 15 is 0 Å². The highest BCUT2D eigenvalue weighted by molar-refractivity contribution is 9.11. The Balaban J connectivity index is 1.56. The van der Waals surface area contributed by atoms with Crippen LogP contribution in [0.15, 0.2) is 138 Å². The Labute approximate surface area is 308 Å². The number of likely N-dealkylation sites (tertiary alicyclic amines) is 1. The Kier molecular flexibility index (Phi) is 13.2. The van der Waals surface area contributed by atoms with Crippen LogP contribution in [0, 0.1) is 0 Å². The maximum Gasteiger partial charge on any atom is 0.416 e. The Morgan fingerprint density at radius 2 is 1.49 bits per heavy atom. The first-order valence-corrected chi connectivity index (χ1v) is 17.7. The molecule has 0 unspecified atom stereocenters. The van der Waals surface area contributed by atoms with Crippen molar-refractivity contribution in [1.29, 1.82) is 0 Å². The van der Waals surface area contributed by atoms with Crippen molar-refractivity contribution in [2.24, 2.45) is 0 Å². The molecule has 0 radical (unpaired) electrons. The number of allylic oxidation sites excluding steroid dienone is 1. The summed E-state index contributed by atoms with van der Waals surface area (Å²) >= 11 is 3.53. The Hall–Kier alpha value is -4.70. The van der Waals surface area contributed by atoms with Crippen LogP contribution >= 0.6 is 15.9 Å². The molecule has 51 heavy (non-hydrogen) atoms. The third kappa shape index (κ3) is 10.2. The fourth-order valence-corrected chi connectivity index (χ4v) is 6.86. The molecule has 1 fully saturated rings. The number of rotatable bonds is 15. The second kappa shape index (κ2) is 18.0. The van der Waals surface area contributed by atoms with Gasteiger partial charge in [0, 0.05) is 6.42 Å². The zero-order valence-electron chi connectivity index (χ0n) is 28.8. The van der Waals surface area contributed by atoms with Gasteiger partial charge in [-0.2, -0.15) is 0 Å². The number of carbonyl (C=O) groups excluding carboxylic acids is 2. The molecule has 9 heteroatoms. The lowest BCUT2D eigenvalue weighted by Gasteiger charge is -2.55. The normalized spacial score (nSPS) is 19.9. The van der Waals surface area contributed by atoms with Crippen molar-refractivity contribution in [3.05, 3.63) is 155 Å². The number of benzene rings is 4. The second-order valence-corrected chi connectivity index (χ2v) is 13.9. The van der Waals surface area contributed by atoms with Gasteiger partial charge >= 0.3 is 12.1 Å². The fraction of sp³-hybridized carbons (Fsp3) is 0.286. The van der Waals surface area contributed by atoms with E-state index in [0.717, 1.165) is 21.2 Å². The number of hydrogen-bond acceptors (Lipinski definition) is 7. The number of amides is 1. The summed E-state index contributed by atoms with van der Waals surface area (Å²) in [6, 6.07) is 33.9. The number of piperidine rings is 1. The van der Waals surface area contributed by atoms with Gasteiger partial charge in [0.25, 0.3) is 0 Å². The van der Waals surface area contributed by atoms with Gasteiger partial charge in [0.15, 0.2) is 0 Å². The van der Waals surface area contributed by atoms with Crippen LogP contribution in [0.25, 0.3) is 0 Å². The Morgan fingerprint density at radius 3 is 2.12 bits per heavy atom. The number of esters is 1. The molecule has 0 bridgehead atoms. The highest BCUT2D eigenvalue weighted by Gasteiger charge is 2.55. The van der Waals surface area contributed by atoms with E-state index in [9.17, 15) is 14.7 Å². The Morgan fingerprint density at radius 1 is 0.863 bits per heavy atom. The van der Waals surface area contributed by atoms with E-state index in [1.165, 1.54) is 0 Å². The Bertz CT molecular complexity index is 1750. The molecule has 1 heterocycles. The first kappa shape index (κ1) is 37.6. The molecule has 4 atom stereocenters. The van der Waals surface area contributed by atoms with Gasteiger partial charge in [-0.25, -0.2) is 9.59 Å². The number of carbonyl (C=O) groups is 2. The predicted octanol–water partition coefficient (Wildman–Crippen LogP) is 8.69. The molecule has 1 saturated heterocycles. The van der Waals surface area contributed by atoms with E-state index in [1.807, 2.05) is 66.7 Å². The van der Waals surface area contributed by atoms with Gasteiger partial charge in [-0.05, 0) is 83.3 Å². The standard InChI is InChI=1S/C42H44BrNO7/c1-30(28-49-29-33-13-7-4-8-14-33)26-42(24-23-31(2)43)27-38(51-40(46)34-15-9-5-10-16-34)39(45)37(25-32-19-21-35(48-3)22-20-32)44(42)41(47)50-36-17-11-6-12-18-36/h4-22,37-39,45H,1-2,23-29H2,3H3/t37-,38-,39-,42+/m0/s1. The van der Waals surface area contributed by atoms with Crippen LogP contribution in [0.3, 0.4) is 0 Å². The summed E-state index contributed by atoms with van der Waals surface area (Å²) in [6.07, 6.45) is -1.33. The zero-order chi connectivity index (χ0) is 36.2. The lowest BCUT2D eigenvalue weighted by molar-refractivity contribution is -0.127. The number of aliphatic hydroxyl groups excluding tert-OH is 1. The van der Waals surface area contributed by atoms with Crippen molar-refractivity contribution < 1.29 is 33.6 Å². The maximum absolute atomic E-state index is 14.6. The van der Waals surface area contributed by atoms with Gasteiger partial charge in [0.05, 0.1) is 37.5 Å². The lowest BCUT2D eigenvalue weighted by Crippen LogP contribution is -2.69. The summed E-state index contributed by atoms with van der Waals surface area (Å²) in [5.41, 5.74) is 1.93. The molecule has 1 amide bonds. The van der Waals surface area contributed by atoms with Crippen LogP contribution in [0.2, 0.25) is 0 Å². The minimum atomic E-state index is -1.26. The SMILES string of the molecule is C=C(Br)CC[C@@]1(CC(=C)COCc2ccccc2)C[C@H](OC(=O)c2ccccc2)[C@@H](O)[C@H](Cc2ccc(OC)cc2)N1C(=O)Oc1ccccc1. The van der Waals surface area contributed by atoms with Crippen LogP contribution < -0.4 is 9.47 Å². The highest BCUT2D eigenvalue weighted by Crippen LogP contribution is 2.44. The summed E-state index contributed by atoms with van der Waals surface area (Å²) in [7, 11) is 1.59. The van der Waals surface area contributed by atoms with E-state index in [4.69, 9.17) is 18.9 Å². The smallest absolute Gasteiger partial charge is 0.416 e. The predicted molar refractivity (Wildman–Crippen MR) is 201 cm³/mol. The average Bonchev–Trinajstić information content (AvgIpc) is 3.14.